The maximum atomic E-state index is 5.81. The van der Waals surface area contributed by atoms with Crippen molar-refractivity contribution < 1.29 is 0 Å². The zero-order valence-corrected chi connectivity index (χ0v) is 10.1. The van der Waals surface area contributed by atoms with Crippen molar-refractivity contribution in [1.29, 1.82) is 0 Å². The molecule has 0 amide bonds. The molecule has 1 aromatic carbocycles. The molecule has 0 aliphatic heterocycles. The van der Waals surface area contributed by atoms with Crippen molar-refractivity contribution in [2.45, 2.75) is 26.4 Å². The first kappa shape index (κ1) is 12.5. The maximum Gasteiger partial charge on any atom is 0.0406 e. The van der Waals surface area contributed by atoms with E-state index in [2.05, 4.69) is 19.2 Å². The van der Waals surface area contributed by atoms with Crippen molar-refractivity contribution in [2.75, 3.05) is 6.54 Å². The molecule has 2 nitrogen and oxygen atoms in total. The highest BCUT2D eigenvalue weighted by molar-refractivity contribution is 6.30. The summed E-state index contributed by atoms with van der Waals surface area (Å²) in [5.74, 6) is 0.558. The fourth-order valence-corrected chi connectivity index (χ4v) is 1.57. The van der Waals surface area contributed by atoms with Crippen molar-refractivity contribution in [3.05, 3.63) is 34.9 Å². The largest absolute Gasteiger partial charge is 0.329 e. The zero-order valence-electron chi connectivity index (χ0n) is 9.33. The average molecular weight is 227 g/mol. The summed E-state index contributed by atoms with van der Waals surface area (Å²) >= 11 is 5.81. The molecule has 15 heavy (non-hydrogen) atoms. The van der Waals surface area contributed by atoms with Crippen LogP contribution in [-0.2, 0) is 6.54 Å². The molecule has 0 saturated carbocycles. The monoisotopic (exact) mass is 226 g/mol. The number of benzene rings is 1. The molecule has 1 rings (SSSR count). The second-order valence-corrected chi connectivity index (χ2v) is 4.53. The molecule has 0 aromatic heterocycles. The van der Waals surface area contributed by atoms with Gasteiger partial charge in [-0.25, -0.2) is 0 Å². The Bertz CT molecular complexity index is 282. The molecular weight excluding hydrogens is 208 g/mol. The van der Waals surface area contributed by atoms with Gasteiger partial charge in [0, 0.05) is 24.2 Å². The first-order chi connectivity index (χ1) is 7.13. The van der Waals surface area contributed by atoms with Gasteiger partial charge in [-0.3, -0.25) is 0 Å². The van der Waals surface area contributed by atoms with Crippen molar-refractivity contribution in [3.8, 4) is 0 Å². The Morgan fingerprint density at radius 1 is 1.27 bits per heavy atom. The molecule has 1 unspecified atom stereocenters. The predicted octanol–water partition coefficient (Wildman–Crippen LogP) is 2.41. The quantitative estimate of drug-likeness (QED) is 0.810. The summed E-state index contributed by atoms with van der Waals surface area (Å²) in [6, 6.07) is 8.25. The standard InChI is InChI=1S/C12H19ClN2/c1-9(2)12(7-14)15-8-10-3-5-11(13)6-4-10/h3-6,9,12,15H,7-8,14H2,1-2H3. The third-order valence-corrected chi connectivity index (χ3v) is 2.79. The van der Waals surface area contributed by atoms with Crippen molar-refractivity contribution in [1.82, 2.24) is 5.32 Å². The molecular formula is C12H19ClN2. The third-order valence-electron chi connectivity index (χ3n) is 2.54. The second kappa shape index (κ2) is 6.11. The fraction of sp³-hybridized carbons (Fsp3) is 0.500. The predicted molar refractivity (Wildman–Crippen MR) is 66.0 cm³/mol. The number of halogens is 1. The third kappa shape index (κ3) is 4.20. The molecule has 0 spiro atoms. The van der Waals surface area contributed by atoms with Gasteiger partial charge in [-0.1, -0.05) is 37.6 Å². The zero-order chi connectivity index (χ0) is 11.3. The summed E-state index contributed by atoms with van der Waals surface area (Å²) < 4.78 is 0. The van der Waals surface area contributed by atoms with Gasteiger partial charge in [0.1, 0.15) is 0 Å². The smallest absolute Gasteiger partial charge is 0.0406 e. The Labute approximate surface area is 96.8 Å². The van der Waals surface area contributed by atoms with Crippen LogP contribution in [0.25, 0.3) is 0 Å². The van der Waals surface area contributed by atoms with E-state index < -0.39 is 0 Å². The van der Waals surface area contributed by atoms with Gasteiger partial charge >= 0.3 is 0 Å². The van der Waals surface area contributed by atoms with Crippen LogP contribution in [0.2, 0.25) is 5.02 Å². The summed E-state index contributed by atoms with van der Waals surface area (Å²) in [6.45, 7) is 5.86. The van der Waals surface area contributed by atoms with E-state index >= 15 is 0 Å². The second-order valence-electron chi connectivity index (χ2n) is 4.09. The lowest BCUT2D eigenvalue weighted by Gasteiger charge is -2.20. The molecule has 0 saturated heterocycles. The van der Waals surface area contributed by atoms with Gasteiger partial charge < -0.3 is 11.1 Å². The minimum atomic E-state index is 0.376. The SMILES string of the molecule is CC(C)C(CN)NCc1ccc(Cl)cc1. The van der Waals surface area contributed by atoms with Gasteiger partial charge in [0.2, 0.25) is 0 Å². The molecule has 0 bridgehead atoms. The summed E-state index contributed by atoms with van der Waals surface area (Å²) in [7, 11) is 0. The van der Waals surface area contributed by atoms with Gasteiger partial charge in [-0.05, 0) is 23.6 Å². The highest BCUT2D eigenvalue weighted by Gasteiger charge is 2.09. The summed E-state index contributed by atoms with van der Waals surface area (Å²) in [5, 5.41) is 4.21. The Balaban J connectivity index is 2.45. The van der Waals surface area contributed by atoms with E-state index in [0.717, 1.165) is 11.6 Å². The van der Waals surface area contributed by atoms with Gasteiger partial charge in [-0.15, -0.1) is 0 Å². The van der Waals surface area contributed by atoms with Crippen LogP contribution in [0.5, 0.6) is 0 Å². The van der Waals surface area contributed by atoms with Gasteiger partial charge in [0.15, 0.2) is 0 Å². The normalized spacial score (nSPS) is 13.1. The lowest BCUT2D eigenvalue weighted by Crippen LogP contribution is -2.39. The number of hydrogen-bond acceptors (Lipinski definition) is 2. The molecule has 1 aromatic rings. The minimum absolute atomic E-state index is 0.376. The Morgan fingerprint density at radius 3 is 2.33 bits per heavy atom. The number of hydrogen-bond donors (Lipinski definition) is 2. The van der Waals surface area contributed by atoms with Crippen LogP contribution >= 0.6 is 11.6 Å². The first-order valence-corrected chi connectivity index (χ1v) is 5.69. The van der Waals surface area contributed by atoms with Crippen LogP contribution in [0, 0.1) is 5.92 Å². The number of rotatable bonds is 5. The average Bonchev–Trinajstić information content (AvgIpc) is 2.21. The minimum Gasteiger partial charge on any atom is -0.329 e. The molecule has 0 aliphatic rings. The van der Waals surface area contributed by atoms with Crippen LogP contribution in [0.15, 0.2) is 24.3 Å². The topological polar surface area (TPSA) is 38.0 Å². The summed E-state index contributed by atoms with van der Waals surface area (Å²) in [4.78, 5) is 0. The Morgan fingerprint density at radius 2 is 1.87 bits per heavy atom. The molecule has 1 atom stereocenters. The van der Waals surface area contributed by atoms with E-state index in [9.17, 15) is 0 Å². The molecule has 0 fully saturated rings. The van der Waals surface area contributed by atoms with E-state index in [-0.39, 0.29) is 0 Å². The summed E-state index contributed by atoms with van der Waals surface area (Å²) in [5.41, 5.74) is 6.91. The fourth-order valence-electron chi connectivity index (χ4n) is 1.44. The molecule has 0 heterocycles. The van der Waals surface area contributed by atoms with Crippen molar-refractivity contribution in [2.24, 2.45) is 11.7 Å². The number of nitrogens with one attached hydrogen (secondary N) is 1. The van der Waals surface area contributed by atoms with Crippen LogP contribution in [0.1, 0.15) is 19.4 Å². The first-order valence-electron chi connectivity index (χ1n) is 5.31. The maximum absolute atomic E-state index is 5.81. The van der Waals surface area contributed by atoms with E-state index in [1.165, 1.54) is 5.56 Å². The van der Waals surface area contributed by atoms with Crippen molar-refractivity contribution >= 4 is 11.6 Å². The Kier molecular flexibility index (Phi) is 5.09. The van der Waals surface area contributed by atoms with E-state index in [0.29, 0.717) is 18.5 Å². The Hall–Kier alpha value is -0.570. The van der Waals surface area contributed by atoms with Crippen LogP contribution in [-0.4, -0.2) is 12.6 Å². The van der Waals surface area contributed by atoms with Crippen molar-refractivity contribution in [3.63, 3.8) is 0 Å². The molecule has 0 radical (unpaired) electrons. The van der Waals surface area contributed by atoms with Gasteiger partial charge in [0.05, 0.1) is 0 Å². The van der Waals surface area contributed by atoms with Crippen LogP contribution in [0.4, 0.5) is 0 Å². The highest BCUT2D eigenvalue weighted by Crippen LogP contribution is 2.10. The molecule has 3 heteroatoms. The lowest BCUT2D eigenvalue weighted by atomic mass is 10.0. The van der Waals surface area contributed by atoms with E-state index in [1.807, 2.05) is 24.3 Å². The highest BCUT2D eigenvalue weighted by atomic mass is 35.5. The molecule has 0 aliphatic carbocycles. The van der Waals surface area contributed by atoms with Crippen LogP contribution < -0.4 is 11.1 Å². The molecule has 3 N–H and O–H groups in total. The molecule has 84 valence electrons. The van der Waals surface area contributed by atoms with E-state index in [4.69, 9.17) is 17.3 Å². The van der Waals surface area contributed by atoms with Gasteiger partial charge in [0.25, 0.3) is 0 Å². The van der Waals surface area contributed by atoms with Gasteiger partial charge in [-0.2, -0.15) is 0 Å². The van der Waals surface area contributed by atoms with E-state index in [1.54, 1.807) is 0 Å². The number of nitrogens with two attached hydrogens (primary N) is 1. The lowest BCUT2D eigenvalue weighted by molar-refractivity contribution is 0.405. The van der Waals surface area contributed by atoms with Crippen LogP contribution in [0.3, 0.4) is 0 Å². The summed E-state index contributed by atoms with van der Waals surface area (Å²) in [6.07, 6.45) is 0.